The molecular formula is C26H40N6O5S. The van der Waals surface area contributed by atoms with E-state index in [0.717, 1.165) is 16.5 Å². The van der Waals surface area contributed by atoms with Crippen LogP contribution >= 0.6 is 12.6 Å². The van der Waals surface area contributed by atoms with Gasteiger partial charge in [-0.25, -0.2) is 4.79 Å². The molecule has 210 valence electrons. The van der Waals surface area contributed by atoms with Gasteiger partial charge >= 0.3 is 5.97 Å². The number of aliphatic carboxylic acids is 1. The van der Waals surface area contributed by atoms with Crippen molar-refractivity contribution in [3.8, 4) is 0 Å². The molecule has 5 atom stereocenters. The van der Waals surface area contributed by atoms with Gasteiger partial charge in [-0.1, -0.05) is 38.5 Å². The second-order valence-electron chi connectivity index (χ2n) is 9.46. The van der Waals surface area contributed by atoms with Gasteiger partial charge in [0, 0.05) is 29.3 Å². The lowest BCUT2D eigenvalue weighted by molar-refractivity contribution is -0.142. The first kappa shape index (κ1) is 31.1. The summed E-state index contributed by atoms with van der Waals surface area (Å²) in [5, 5.41) is 18.2. The van der Waals surface area contributed by atoms with Crippen LogP contribution in [0.3, 0.4) is 0 Å². The first-order valence-electron chi connectivity index (χ1n) is 12.9. The summed E-state index contributed by atoms with van der Waals surface area (Å²) in [6.45, 7) is 4.19. The van der Waals surface area contributed by atoms with Gasteiger partial charge in [-0.15, -0.1) is 0 Å². The van der Waals surface area contributed by atoms with E-state index in [4.69, 9.17) is 11.5 Å². The van der Waals surface area contributed by atoms with Crippen LogP contribution in [0.15, 0.2) is 30.5 Å². The molecule has 0 aliphatic rings. The Morgan fingerprint density at radius 3 is 2.26 bits per heavy atom. The quantitative estimate of drug-likeness (QED) is 0.112. The van der Waals surface area contributed by atoms with Crippen molar-refractivity contribution >= 4 is 47.2 Å². The molecule has 0 fully saturated rings. The van der Waals surface area contributed by atoms with Crippen molar-refractivity contribution in [1.29, 1.82) is 0 Å². The third-order valence-electron chi connectivity index (χ3n) is 6.67. The molecule has 2 aromatic rings. The molecule has 1 aromatic heterocycles. The van der Waals surface area contributed by atoms with E-state index in [1.807, 2.05) is 38.1 Å². The first-order chi connectivity index (χ1) is 18.1. The number of carboxylic acid groups (broad SMARTS) is 1. The van der Waals surface area contributed by atoms with Gasteiger partial charge in [0.15, 0.2) is 0 Å². The SMILES string of the molecule is CCC(C)C(N)C(=O)NC(Cc1c[nH]c2ccccc12)C(=O)NC(CS)C(=O)NC(CCCCN)C(=O)O. The lowest BCUT2D eigenvalue weighted by Crippen LogP contribution is -2.58. The van der Waals surface area contributed by atoms with Crippen molar-refractivity contribution in [3.05, 3.63) is 36.0 Å². The monoisotopic (exact) mass is 548 g/mol. The number of thiol groups is 1. The highest BCUT2D eigenvalue weighted by atomic mass is 32.1. The molecule has 0 saturated carbocycles. The molecule has 1 aromatic carbocycles. The first-order valence-corrected chi connectivity index (χ1v) is 13.5. The van der Waals surface area contributed by atoms with Crippen LogP contribution in [-0.2, 0) is 25.6 Å². The summed E-state index contributed by atoms with van der Waals surface area (Å²) in [5.74, 6) is -3.12. The van der Waals surface area contributed by atoms with Crippen LogP contribution in [-0.4, -0.2) is 70.2 Å². The van der Waals surface area contributed by atoms with Gasteiger partial charge in [0.2, 0.25) is 17.7 Å². The number of aromatic amines is 1. The predicted octanol–water partition coefficient (Wildman–Crippen LogP) is 0.682. The Morgan fingerprint density at radius 2 is 1.63 bits per heavy atom. The third kappa shape index (κ3) is 8.74. The number of carbonyl (C=O) groups is 4. The number of H-pyrrole nitrogens is 1. The standard InChI is InChI=1S/C26H40N6O5S/c1-3-15(2)22(28)25(35)31-20(12-16-13-29-18-9-5-4-8-17(16)18)23(33)32-21(14-38)24(34)30-19(26(36)37)10-6-7-11-27/h4-5,8-9,13,15,19-22,29,38H,3,6-7,10-12,14,27-28H2,1-2H3,(H,30,34)(H,31,35)(H,32,33)(H,36,37). The number of hydrogen-bond acceptors (Lipinski definition) is 7. The molecule has 0 saturated heterocycles. The van der Waals surface area contributed by atoms with Crippen LogP contribution < -0.4 is 27.4 Å². The number of rotatable bonds is 16. The minimum atomic E-state index is -1.18. The van der Waals surface area contributed by atoms with Crippen molar-refractivity contribution in [3.63, 3.8) is 0 Å². The zero-order valence-electron chi connectivity index (χ0n) is 21.9. The molecular weight excluding hydrogens is 508 g/mol. The number of nitrogens with two attached hydrogens (primary N) is 2. The third-order valence-corrected chi connectivity index (χ3v) is 7.03. The minimum absolute atomic E-state index is 0.0765. The van der Waals surface area contributed by atoms with Crippen LogP contribution in [0.1, 0.15) is 45.1 Å². The maximum atomic E-state index is 13.4. The van der Waals surface area contributed by atoms with Crippen LogP contribution in [0.25, 0.3) is 10.9 Å². The number of para-hydroxylation sites is 1. The summed E-state index contributed by atoms with van der Waals surface area (Å²) in [4.78, 5) is 53.9. The maximum Gasteiger partial charge on any atom is 0.326 e. The number of amides is 3. The Balaban J connectivity index is 2.21. The maximum absolute atomic E-state index is 13.4. The van der Waals surface area contributed by atoms with Gasteiger partial charge in [0.1, 0.15) is 18.1 Å². The van der Waals surface area contributed by atoms with Crippen LogP contribution in [0.2, 0.25) is 0 Å². The summed E-state index contributed by atoms with van der Waals surface area (Å²) < 4.78 is 0. The minimum Gasteiger partial charge on any atom is -0.480 e. The fourth-order valence-corrected chi connectivity index (χ4v) is 4.26. The average Bonchev–Trinajstić information content (AvgIpc) is 3.32. The number of fused-ring (bicyclic) bond motifs is 1. The number of nitrogens with one attached hydrogen (secondary N) is 4. The van der Waals surface area contributed by atoms with E-state index >= 15 is 0 Å². The second kappa shape index (κ2) is 15.4. The van der Waals surface area contributed by atoms with Crippen LogP contribution in [0.4, 0.5) is 0 Å². The normalized spacial score (nSPS) is 15.2. The van der Waals surface area contributed by atoms with Gasteiger partial charge in [0.05, 0.1) is 6.04 Å². The highest BCUT2D eigenvalue weighted by molar-refractivity contribution is 7.80. The molecule has 9 N–H and O–H groups in total. The Bertz CT molecular complexity index is 1090. The topological polar surface area (TPSA) is 192 Å². The summed E-state index contributed by atoms with van der Waals surface area (Å²) in [6.07, 6.45) is 3.96. The average molecular weight is 549 g/mol. The molecule has 0 aliphatic heterocycles. The molecule has 2 rings (SSSR count). The molecule has 0 radical (unpaired) electrons. The van der Waals surface area contributed by atoms with Gasteiger partial charge in [-0.3, -0.25) is 14.4 Å². The Morgan fingerprint density at radius 1 is 1.00 bits per heavy atom. The van der Waals surface area contributed by atoms with E-state index in [0.29, 0.717) is 25.8 Å². The van der Waals surface area contributed by atoms with Crippen molar-refractivity contribution in [2.75, 3.05) is 12.3 Å². The zero-order chi connectivity index (χ0) is 28.2. The van der Waals surface area contributed by atoms with E-state index in [9.17, 15) is 24.3 Å². The fraction of sp³-hybridized carbons (Fsp3) is 0.538. The lowest BCUT2D eigenvalue weighted by atomic mass is 9.98. The van der Waals surface area contributed by atoms with Gasteiger partial charge in [0.25, 0.3) is 0 Å². The summed E-state index contributed by atoms with van der Waals surface area (Å²) in [5.41, 5.74) is 13.3. The highest BCUT2D eigenvalue weighted by Crippen LogP contribution is 2.19. The summed E-state index contributed by atoms with van der Waals surface area (Å²) in [7, 11) is 0. The molecule has 38 heavy (non-hydrogen) atoms. The van der Waals surface area contributed by atoms with Crippen LogP contribution in [0, 0.1) is 5.92 Å². The van der Waals surface area contributed by atoms with E-state index in [2.05, 4.69) is 33.6 Å². The van der Waals surface area contributed by atoms with Crippen molar-refractivity contribution < 1.29 is 24.3 Å². The molecule has 5 unspecified atom stereocenters. The van der Waals surface area contributed by atoms with E-state index in [-0.39, 0.29) is 24.5 Å². The number of benzene rings is 1. The highest BCUT2D eigenvalue weighted by Gasteiger charge is 2.31. The molecule has 0 spiro atoms. The van der Waals surface area contributed by atoms with Crippen LogP contribution in [0.5, 0.6) is 0 Å². The number of carbonyl (C=O) groups excluding carboxylic acids is 3. The number of aromatic nitrogens is 1. The van der Waals surface area contributed by atoms with Gasteiger partial charge < -0.3 is 37.5 Å². The molecule has 0 bridgehead atoms. The predicted molar refractivity (Wildman–Crippen MR) is 150 cm³/mol. The zero-order valence-corrected chi connectivity index (χ0v) is 22.8. The number of unbranched alkanes of at least 4 members (excludes halogenated alkanes) is 1. The van der Waals surface area contributed by atoms with Crippen molar-refractivity contribution in [1.82, 2.24) is 20.9 Å². The van der Waals surface area contributed by atoms with E-state index in [1.165, 1.54) is 0 Å². The largest absolute Gasteiger partial charge is 0.480 e. The van der Waals surface area contributed by atoms with Gasteiger partial charge in [-0.2, -0.15) is 12.6 Å². The Kier molecular flexibility index (Phi) is 12.6. The number of hydrogen-bond donors (Lipinski definition) is 8. The van der Waals surface area contributed by atoms with E-state index in [1.54, 1.807) is 6.20 Å². The molecule has 3 amide bonds. The molecule has 0 aliphatic carbocycles. The Labute approximate surface area is 228 Å². The molecule has 12 heteroatoms. The van der Waals surface area contributed by atoms with Crippen molar-refractivity contribution in [2.24, 2.45) is 17.4 Å². The summed E-state index contributed by atoms with van der Waals surface area (Å²) >= 11 is 4.19. The fourth-order valence-electron chi connectivity index (χ4n) is 4.00. The molecule has 1 heterocycles. The Hall–Kier alpha value is -3.09. The van der Waals surface area contributed by atoms with Gasteiger partial charge in [-0.05, 0) is 43.4 Å². The number of carboxylic acids is 1. The molecule has 11 nitrogen and oxygen atoms in total. The van der Waals surface area contributed by atoms with E-state index < -0.39 is 47.9 Å². The lowest BCUT2D eigenvalue weighted by Gasteiger charge is -2.25. The smallest absolute Gasteiger partial charge is 0.326 e. The second-order valence-corrected chi connectivity index (χ2v) is 9.83. The van der Waals surface area contributed by atoms with Crippen molar-refractivity contribution in [2.45, 2.75) is 70.1 Å². The summed E-state index contributed by atoms with van der Waals surface area (Å²) in [6, 6.07) is 3.48.